The van der Waals surface area contributed by atoms with Gasteiger partial charge in [0.15, 0.2) is 6.10 Å². The third kappa shape index (κ3) is 5.49. The van der Waals surface area contributed by atoms with E-state index in [2.05, 4.69) is 19.2 Å². The molecule has 1 amide bonds. The Morgan fingerprint density at radius 3 is 2.47 bits per heavy atom. The number of para-hydroxylation sites is 1. The third-order valence-corrected chi connectivity index (χ3v) is 7.88. The molecule has 0 aromatic heterocycles. The van der Waals surface area contributed by atoms with Gasteiger partial charge < -0.3 is 14.8 Å². The number of anilines is 1. The highest BCUT2D eigenvalue weighted by molar-refractivity contribution is 7.92. The Morgan fingerprint density at radius 1 is 1.06 bits per heavy atom. The molecule has 0 fully saturated rings. The fourth-order valence-electron chi connectivity index (χ4n) is 4.10. The van der Waals surface area contributed by atoms with E-state index in [1.165, 1.54) is 4.31 Å². The van der Waals surface area contributed by atoms with Crippen molar-refractivity contribution in [3.63, 3.8) is 0 Å². The number of amides is 1. The molecule has 0 saturated heterocycles. The van der Waals surface area contributed by atoms with Gasteiger partial charge >= 0.3 is 0 Å². The van der Waals surface area contributed by atoms with Crippen LogP contribution >= 0.6 is 0 Å². The number of aryl methyl sites for hydroxylation is 2. The van der Waals surface area contributed by atoms with Crippen LogP contribution in [0.3, 0.4) is 0 Å². The maximum absolute atomic E-state index is 13.6. The molecule has 0 radical (unpaired) electrons. The average Bonchev–Trinajstić information content (AvgIpc) is 2.86. The maximum Gasteiger partial charge on any atom is 0.264 e. The second kappa shape index (κ2) is 10.6. The minimum absolute atomic E-state index is 0.129. The zero-order chi connectivity index (χ0) is 25.9. The molecular weight excluding hydrogens is 476 g/mol. The third-order valence-electron chi connectivity index (χ3n) is 6.09. The maximum atomic E-state index is 13.6. The molecule has 8 heteroatoms. The predicted octanol–water partition coefficient (Wildman–Crippen LogP) is 4.58. The van der Waals surface area contributed by atoms with Crippen LogP contribution in [0.25, 0.3) is 0 Å². The van der Waals surface area contributed by atoms with E-state index < -0.39 is 22.0 Å². The first kappa shape index (κ1) is 25.6. The molecule has 3 aromatic carbocycles. The molecule has 0 bridgehead atoms. The Kier molecular flexibility index (Phi) is 7.54. The topological polar surface area (TPSA) is 84.9 Å². The lowest BCUT2D eigenvalue weighted by atomic mass is 10.0. The number of nitrogens with zero attached hydrogens (tertiary/aromatic N) is 1. The first-order valence-electron chi connectivity index (χ1n) is 12.0. The quantitative estimate of drug-likeness (QED) is 0.451. The van der Waals surface area contributed by atoms with Gasteiger partial charge in [-0.15, -0.1) is 0 Å². The smallest absolute Gasteiger partial charge is 0.264 e. The van der Waals surface area contributed by atoms with Gasteiger partial charge in [-0.25, -0.2) is 8.42 Å². The molecule has 190 valence electrons. The first-order chi connectivity index (χ1) is 17.2. The summed E-state index contributed by atoms with van der Waals surface area (Å²) in [5.74, 6) is 1.06. The van der Waals surface area contributed by atoms with E-state index in [9.17, 15) is 13.2 Å². The number of hydrogen-bond acceptors (Lipinski definition) is 5. The Bertz CT molecular complexity index is 1340. The lowest BCUT2D eigenvalue weighted by molar-refractivity contribution is -0.127. The average molecular weight is 509 g/mol. The molecule has 1 atom stereocenters. The van der Waals surface area contributed by atoms with E-state index in [4.69, 9.17) is 9.47 Å². The molecule has 0 aliphatic carbocycles. The van der Waals surface area contributed by atoms with Crippen LogP contribution in [0.4, 0.5) is 5.69 Å². The standard InChI is InChI=1S/C28H32N2O5S/c1-19(2)23-7-5-6-8-25(23)34-16-15-29-28(31)27-18-30(24-17-21(4)11-14-26(24)35-27)36(32,33)22-12-9-20(3)10-13-22/h5-14,17,19,27H,15-16,18H2,1-4H3,(H,29,31)/t27-/m0/s1. The molecule has 4 rings (SSSR count). The number of ether oxygens (including phenoxy) is 2. The van der Waals surface area contributed by atoms with Crippen molar-refractivity contribution in [1.82, 2.24) is 5.32 Å². The zero-order valence-corrected chi connectivity index (χ0v) is 21.8. The Balaban J connectivity index is 1.48. The monoisotopic (exact) mass is 508 g/mol. The van der Waals surface area contributed by atoms with Crippen LogP contribution in [0.5, 0.6) is 11.5 Å². The lowest BCUT2D eigenvalue weighted by Gasteiger charge is -2.35. The SMILES string of the molecule is Cc1ccc(S(=O)(=O)N2C[C@@H](C(=O)NCCOc3ccccc3C(C)C)Oc3ccc(C)cc32)cc1. The number of hydrogen-bond donors (Lipinski definition) is 1. The number of carbonyl (C=O) groups is 1. The largest absolute Gasteiger partial charge is 0.491 e. The Morgan fingerprint density at radius 2 is 1.75 bits per heavy atom. The molecule has 0 saturated carbocycles. The summed E-state index contributed by atoms with van der Waals surface area (Å²) >= 11 is 0. The van der Waals surface area contributed by atoms with Gasteiger partial charge in [0.25, 0.3) is 15.9 Å². The molecule has 0 unspecified atom stereocenters. The summed E-state index contributed by atoms with van der Waals surface area (Å²) in [5.41, 5.74) is 3.38. The zero-order valence-electron chi connectivity index (χ0n) is 21.0. The van der Waals surface area contributed by atoms with Crippen LogP contribution in [0.15, 0.2) is 71.6 Å². The minimum Gasteiger partial charge on any atom is -0.491 e. The van der Waals surface area contributed by atoms with E-state index >= 15 is 0 Å². The summed E-state index contributed by atoms with van der Waals surface area (Å²) in [7, 11) is -3.90. The van der Waals surface area contributed by atoms with Crippen molar-refractivity contribution in [2.75, 3.05) is 24.0 Å². The van der Waals surface area contributed by atoms with E-state index in [-0.39, 0.29) is 24.6 Å². The number of fused-ring (bicyclic) bond motifs is 1. The number of benzene rings is 3. The molecule has 36 heavy (non-hydrogen) atoms. The van der Waals surface area contributed by atoms with Gasteiger partial charge in [0.05, 0.1) is 23.7 Å². The van der Waals surface area contributed by atoms with E-state index in [0.29, 0.717) is 17.4 Å². The highest BCUT2D eigenvalue weighted by Crippen LogP contribution is 2.37. The van der Waals surface area contributed by atoms with Gasteiger partial charge in [-0.2, -0.15) is 0 Å². The van der Waals surface area contributed by atoms with Crippen LogP contribution in [0.1, 0.15) is 36.5 Å². The van der Waals surface area contributed by atoms with Gasteiger partial charge in [0, 0.05) is 0 Å². The van der Waals surface area contributed by atoms with E-state index in [1.807, 2.05) is 44.2 Å². The van der Waals surface area contributed by atoms with Crippen LogP contribution in [0, 0.1) is 13.8 Å². The summed E-state index contributed by atoms with van der Waals surface area (Å²) in [5, 5.41) is 2.82. The second-order valence-electron chi connectivity index (χ2n) is 9.26. The van der Waals surface area contributed by atoms with Crippen LogP contribution in [-0.2, 0) is 14.8 Å². The fourth-order valence-corrected chi connectivity index (χ4v) is 5.57. The number of rotatable bonds is 8. The molecule has 1 aliphatic rings. The van der Waals surface area contributed by atoms with Crippen molar-refractivity contribution in [3.8, 4) is 11.5 Å². The molecule has 1 aliphatic heterocycles. The highest BCUT2D eigenvalue weighted by atomic mass is 32.2. The summed E-state index contributed by atoms with van der Waals surface area (Å²) in [6, 6.07) is 19.8. The van der Waals surface area contributed by atoms with Gasteiger partial charge in [-0.05, 0) is 61.2 Å². The van der Waals surface area contributed by atoms with Crippen molar-refractivity contribution in [2.45, 2.75) is 44.6 Å². The molecule has 1 N–H and O–H groups in total. The van der Waals surface area contributed by atoms with Gasteiger partial charge in [0.1, 0.15) is 18.1 Å². The van der Waals surface area contributed by atoms with Crippen molar-refractivity contribution < 1.29 is 22.7 Å². The minimum atomic E-state index is -3.90. The molecule has 0 spiro atoms. The van der Waals surface area contributed by atoms with Crippen LogP contribution in [-0.4, -0.2) is 40.1 Å². The predicted molar refractivity (Wildman–Crippen MR) is 140 cm³/mol. The number of sulfonamides is 1. The second-order valence-corrected chi connectivity index (χ2v) is 11.1. The van der Waals surface area contributed by atoms with Crippen molar-refractivity contribution in [1.29, 1.82) is 0 Å². The molecule has 1 heterocycles. The van der Waals surface area contributed by atoms with Crippen LogP contribution in [0.2, 0.25) is 0 Å². The Hall–Kier alpha value is -3.52. The van der Waals surface area contributed by atoms with Crippen molar-refractivity contribution in [2.24, 2.45) is 0 Å². The number of carbonyl (C=O) groups excluding carboxylic acids is 1. The fraction of sp³-hybridized carbons (Fsp3) is 0.321. The van der Waals surface area contributed by atoms with Gasteiger partial charge in [-0.1, -0.05) is 55.8 Å². The van der Waals surface area contributed by atoms with E-state index in [0.717, 1.165) is 22.4 Å². The summed E-state index contributed by atoms with van der Waals surface area (Å²) in [6.45, 7) is 8.39. The van der Waals surface area contributed by atoms with Gasteiger partial charge in [-0.3, -0.25) is 9.10 Å². The molecular formula is C28H32N2O5S. The normalized spacial score (nSPS) is 15.2. The summed E-state index contributed by atoms with van der Waals surface area (Å²) in [6.07, 6.45) is -0.997. The van der Waals surface area contributed by atoms with Crippen molar-refractivity contribution >= 4 is 21.6 Å². The first-order valence-corrected chi connectivity index (χ1v) is 13.5. The summed E-state index contributed by atoms with van der Waals surface area (Å²) in [4.78, 5) is 13.2. The Labute approximate surface area is 213 Å². The summed E-state index contributed by atoms with van der Waals surface area (Å²) < 4.78 is 40.2. The van der Waals surface area contributed by atoms with E-state index in [1.54, 1.807) is 36.4 Å². The van der Waals surface area contributed by atoms with Crippen LogP contribution < -0.4 is 19.1 Å². The highest BCUT2D eigenvalue weighted by Gasteiger charge is 2.37. The lowest BCUT2D eigenvalue weighted by Crippen LogP contribution is -2.51. The number of nitrogens with one attached hydrogen (secondary N) is 1. The van der Waals surface area contributed by atoms with Gasteiger partial charge in [0.2, 0.25) is 0 Å². The molecule has 7 nitrogen and oxygen atoms in total. The molecule has 3 aromatic rings. The van der Waals surface area contributed by atoms with Crippen molar-refractivity contribution in [3.05, 3.63) is 83.4 Å².